The fourth-order valence-electron chi connectivity index (χ4n) is 2.96. The SMILES string of the molecule is CC(C)C1CCCN1CCCNc1ccccc1. The highest BCUT2D eigenvalue weighted by atomic mass is 15.2. The van der Waals surface area contributed by atoms with Gasteiger partial charge in [0.1, 0.15) is 0 Å². The van der Waals surface area contributed by atoms with E-state index in [0.717, 1.165) is 18.5 Å². The average molecular weight is 246 g/mol. The molecule has 0 spiro atoms. The zero-order chi connectivity index (χ0) is 12.8. The van der Waals surface area contributed by atoms with Gasteiger partial charge in [0, 0.05) is 24.8 Å². The van der Waals surface area contributed by atoms with Crippen LogP contribution in [0, 0.1) is 5.92 Å². The second-order valence-electron chi connectivity index (χ2n) is 5.64. The summed E-state index contributed by atoms with van der Waals surface area (Å²) in [5, 5.41) is 3.49. The van der Waals surface area contributed by atoms with E-state index in [1.54, 1.807) is 0 Å². The summed E-state index contributed by atoms with van der Waals surface area (Å²) in [4.78, 5) is 2.68. The predicted molar refractivity (Wildman–Crippen MR) is 79.0 cm³/mol. The Balaban J connectivity index is 1.66. The molecular formula is C16H26N2. The third kappa shape index (κ3) is 3.74. The minimum absolute atomic E-state index is 0.801. The molecule has 1 atom stereocenters. The largest absolute Gasteiger partial charge is 0.385 e. The normalized spacial score (nSPS) is 20.5. The van der Waals surface area contributed by atoms with Crippen LogP contribution in [0.3, 0.4) is 0 Å². The van der Waals surface area contributed by atoms with Gasteiger partial charge in [-0.2, -0.15) is 0 Å². The van der Waals surface area contributed by atoms with E-state index in [4.69, 9.17) is 0 Å². The summed E-state index contributed by atoms with van der Waals surface area (Å²) in [7, 11) is 0. The van der Waals surface area contributed by atoms with Gasteiger partial charge in [-0.15, -0.1) is 0 Å². The van der Waals surface area contributed by atoms with Gasteiger partial charge in [-0.05, 0) is 43.9 Å². The maximum atomic E-state index is 3.49. The molecule has 1 saturated heterocycles. The van der Waals surface area contributed by atoms with Crippen LogP contribution in [-0.4, -0.2) is 30.6 Å². The van der Waals surface area contributed by atoms with Crippen molar-refractivity contribution < 1.29 is 0 Å². The molecule has 1 aliphatic heterocycles. The zero-order valence-corrected chi connectivity index (χ0v) is 11.7. The summed E-state index contributed by atoms with van der Waals surface area (Å²) < 4.78 is 0. The van der Waals surface area contributed by atoms with Crippen LogP contribution < -0.4 is 5.32 Å². The van der Waals surface area contributed by atoms with Gasteiger partial charge >= 0.3 is 0 Å². The van der Waals surface area contributed by atoms with Crippen molar-refractivity contribution in [2.24, 2.45) is 5.92 Å². The van der Waals surface area contributed by atoms with E-state index in [9.17, 15) is 0 Å². The molecule has 0 bridgehead atoms. The standard InChI is InChI=1S/C16H26N2/c1-14(2)16-10-6-12-18(16)13-7-11-17-15-8-4-3-5-9-15/h3-5,8-9,14,16-17H,6-7,10-13H2,1-2H3. The third-order valence-electron chi connectivity index (χ3n) is 3.91. The Morgan fingerprint density at radius 2 is 2.06 bits per heavy atom. The van der Waals surface area contributed by atoms with Crippen molar-refractivity contribution in [1.82, 2.24) is 4.90 Å². The molecule has 1 aromatic carbocycles. The summed E-state index contributed by atoms with van der Waals surface area (Å²) in [6, 6.07) is 11.3. The molecule has 0 amide bonds. The fourth-order valence-corrected chi connectivity index (χ4v) is 2.96. The van der Waals surface area contributed by atoms with Crippen molar-refractivity contribution in [2.45, 2.75) is 39.2 Å². The first-order valence-corrected chi connectivity index (χ1v) is 7.30. The quantitative estimate of drug-likeness (QED) is 0.771. The molecular weight excluding hydrogens is 220 g/mol. The second kappa shape index (κ2) is 6.79. The van der Waals surface area contributed by atoms with Crippen LogP contribution in [0.4, 0.5) is 5.69 Å². The molecule has 0 saturated carbocycles. The molecule has 0 aliphatic carbocycles. The molecule has 18 heavy (non-hydrogen) atoms. The third-order valence-corrected chi connectivity index (χ3v) is 3.91. The number of hydrogen-bond donors (Lipinski definition) is 1. The maximum absolute atomic E-state index is 3.49. The molecule has 100 valence electrons. The zero-order valence-electron chi connectivity index (χ0n) is 11.7. The number of para-hydroxylation sites is 1. The molecule has 1 aliphatic rings. The molecule has 0 aromatic heterocycles. The number of nitrogens with one attached hydrogen (secondary N) is 1. The molecule has 2 nitrogen and oxygen atoms in total. The summed E-state index contributed by atoms with van der Waals surface area (Å²) in [5.74, 6) is 0.801. The van der Waals surface area contributed by atoms with Gasteiger partial charge < -0.3 is 10.2 Å². The lowest BCUT2D eigenvalue weighted by atomic mass is 10.0. The van der Waals surface area contributed by atoms with E-state index in [0.29, 0.717) is 0 Å². The Kier molecular flexibility index (Phi) is 5.06. The Bertz CT molecular complexity index is 334. The van der Waals surface area contributed by atoms with Gasteiger partial charge in [0.2, 0.25) is 0 Å². The highest BCUT2D eigenvalue weighted by Crippen LogP contribution is 2.23. The Morgan fingerprint density at radius 1 is 1.28 bits per heavy atom. The number of nitrogens with zero attached hydrogens (tertiary/aromatic N) is 1. The van der Waals surface area contributed by atoms with Gasteiger partial charge in [0.15, 0.2) is 0 Å². The first-order valence-electron chi connectivity index (χ1n) is 7.30. The van der Waals surface area contributed by atoms with Crippen LogP contribution in [0.2, 0.25) is 0 Å². The molecule has 1 heterocycles. The van der Waals surface area contributed by atoms with Gasteiger partial charge in [0.25, 0.3) is 0 Å². The first kappa shape index (κ1) is 13.4. The summed E-state index contributed by atoms with van der Waals surface area (Å²) in [5.41, 5.74) is 1.24. The number of benzene rings is 1. The van der Waals surface area contributed by atoms with E-state index in [-0.39, 0.29) is 0 Å². The summed E-state index contributed by atoms with van der Waals surface area (Å²) >= 11 is 0. The van der Waals surface area contributed by atoms with Crippen LogP contribution in [0.1, 0.15) is 33.1 Å². The van der Waals surface area contributed by atoms with Gasteiger partial charge in [-0.25, -0.2) is 0 Å². The minimum atomic E-state index is 0.801. The molecule has 1 unspecified atom stereocenters. The fraction of sp³-hybridized carbons (Fsp3) is 0.625. The number of likely N-dealkylation sites (tertiary alicyclic amines) is 1. The van der Waals surface area contributed by atoms with Crippen molar-refractivity contribution in [2.75, 3.05) is 25.0 Å². The lowest BCUT2D eigenvalue weighted by Crippen LogP contribution is -2.34. The van der Waals surface area contributed by atoms with Crippen molar-refractivity contribution in [1.29, 1.82) is 0 Å². The topological polar surface area (TPSA) is 15.3 Å². The average Bonchev–Trinajstić information content (AvgIpc) is 2.84. The highest BCUT2D eigenvalue weighted by molar-refractivity contribution is 5.42. The van der Waals surface area contributed by atoms with Gasteiger partial charge in [-0.1, -0.05) is 32.0 Å². The van der Waals surface area contributed by atoms with Crippen molar-refractivity contribution in [3.63, 3.8) is 0 Å². The van der Waals surface area contributed by atoms with E-state index in [2.05, 4.69) is 54.4 Å². The lowest BCUT2D eigenvalue weighted by Gasteiger charge is -2.27. The minimum Gasteiger partial charge on any atom is -0.385 e. The molecule has 1 N–H and O–H groups in total. The number of anilines is 1. The van der Waals surface area contributed by atoms with Gasteiger partial charge in [-0.3, -0.25) is 0 Å². The first-order chi connectivity index (χ1) is 8.77. The molecule has 1 fully saturated rings. The van der Waals surface area contributed by atoms with Crippen LogP contribution >= 0.6 is 0 Å². The van der Waals surface area contributed by atoms with Crippen molar-refractivity contribution in [3.05, 3.63) is 30.3 Å². The second-order valence-corrected chi connectivity index (χ2v) is 5.64. The molecule has 2 heteroatoms. The molecule has 2 rings (SSSR count). The summed E-state index contributed by atoms with van der Waals surface area (Å²) in [6.07, 6.45) is 4.01. The van der Waals surface area contributed by atoms with Crippen LogP contribution in [-0.2, 0) is 0 Å². The smallest absolute Gasteiger partial charge is 0.0340 e. The Morgan fingerprint density at radius 3 is 2.78 bits per heavy atom. The monoisotopic (exact) mass is 246 g/mol. The lowest BCUT2D eigenvalue weighted by molar-refractivity contribution is 0.206. The molecule has 0 radical (unpaired) electrons. The predicted octanol–water partition coefficient (Wildman–Crippen LogP) is 3.61. The van der Waals surface area contributed by atoms with E-state index >= 15 is 0 Å². The summed E-state index contributed by atoms with van der Waals surface area (Å²) in [6.45, 7) is 8.32. The van der Waals surface area contributed by atoms with E-state index in [1.165, 1.54) is 38.0 Å². The molecule has 1 aromatic rings. The van der Waals surface area contributed by atoms with E-state index < -0.39 is 0 Å². The van der Waals surface area contributed by atoms with Crippen LogP contribution in [0.25, 0.3) is 0 Å². The number of rotatable bonds is 6. The Labute approximate surface area is 111 Å². The highest BCUT2D eigenvalue weighted by Gasteiger charge is 2.25. The van der Waals surface area contributed by atoms with Crippen molar-refractivity contribution in [3.8, 4) is 0 Å². The number of hydrogen-bond acceptors (Lipinski definition) is 2. The van der Waals surface area contributed by atoms with Crippen molar-refractivity contribution >= 4 is 5.69 Å². The Hall–Kier alpha value is -1.02. The van der Waals surface area contributed by atoms with Crippen LogP contribution in [0.15, 0.2) is 30.3 Å². The van der Waals surface area contributed by atoms with Gasteiger partial charge in [0.05, 0.1) is 0 Å². The van der Waals surface area contributed by atoms with Crippen LogP contribution in [0.5, 0.6) is 0 Å². The van der Waals surface area contributed by atoms with E-state index in [1.807, 2.05) is 0 Å². The maximum Gasteiger partial charge on any atom is 0.0340 e.